The molecular formula is C22H24N2O5. The van der Waals surface area contributed by atoms with Crippen LogP contribution >= 0.6 is 0 Å². The van der Waals surface area contributed by atoms with Crippen molar-refractivity contribution in [3.63, 3.8) is 0 Å². The van der Waals surface area contributed by atoms with Gasteiger partial charge in [-0.1, -0.05) is 24.3 Å². The average Bonchev–Trinajstić information content (AvgIpc) is 2.98. The van der Waals surface area contributed by atoms with Gasteiger partial charge in [0.15, 0.2) is 0 Å². The number of nitrogens with zero attached hydrogens (tertiary/aromatic N) is 1. The number of carbonyl (C=O) groups excluding carboxylic acids is 2. The van der Waals surface area contributed by atoms with Gasteiger partial charge in [-0.05, 0) is 36.2 Å². The first kappa shape index (κ1) is 20.4. The first-order chi connectivity index (χ1) is 14.1. The number of rotatable bonds is 9. The summed E-state index contributed by atoms with van der Waals surface area (Å²) in [5, 5.41) is 3.12. The molecule has 0 aliphatic carbocycles. The molecule has 1 aliphatic rings. The molecule has 0 spiro atoms. The predicted octanol–water partition coefficient (Wildman–Crippen LogP) is 2.93. The maximum atomic E-state index is 13.1. The van der Waals surface area contributed by atoms with Gasteiger partial charge in [0.05, 0.1) is 25.5 Å². The number of amides is 2. The quantitative estimate of drug-likeness (QED) is 0.519. The predicted molar refractivity (Wildman–Crippen MR) is 110 cm³/mol. The fraction of sp³-hybridized carbons (Fsp3) is 0.273. The molecule has 7 heteroatoms. The molecule has 1 aliphatic heterocycles. The molecule has 0 aromatic heterocycles. The molecule has 0 radical (unpaired) electrons. The van der Waals surface area contributed by atoms with E-state index in [0.717, 1.165) is 0 Å². The Balaban J connectivity index is 2.01. The molecule has 2 aromatic rings. The number of benzene rings is 2. The molecule has 0 atom stereocenters. The fourth-order valence-corrected chi connectivity index (χ4v) is 3.17. The summed E-state index contributed by atoms with van der Waals surface area (Å²) >= 11 is 0. The number of para-hydroxylation sites is 2. The Kier molecular flexibility index (Phi) is 6.51. The molecular weight excluding hydrogens is 372 g/mol. The van der Waals surface area contributed by atoms with Crippen LogP contribution in [0.15, 0.2) is 54.2 Å². The Morgan fingerprint density at radius 3 is 2.28 bits per heavy atom. The van der Waals surface area contributed by atoms with E-state index in [-0.39, 0.29) is 24.1 Å². The number of nitrogens with one attached hydrogen (secondary N) is 1. The van der Waals surface area contributed by atoms with Crippen LogP contribution in [0.2, 0.25) is 0 Å². The third kappa shape index (κ3) is 4.25. The van der Waals surface area contributed by atoms with Crippen LogP contribution in [-0.2, 0) is 14.3 Å². The van der Waals surface area contributed by atoms with Gasteiger partial charge in [-0.2, -0.15) is 0 Å². The van der Waals surface area contributed by atoms with Crippen molar-refractivity contribution in [2.45, 2.75) is 6.42 Å². The van der Waals surface area contributed by atoms with Crippen LogP contribution in [0, 0.1) is 0 Å². The summed E-state index contributed by atoms with van der Waals surface area (Å²) in [7, 11) is 4.71. The van der Waals surface area contributed by atoms with E-state index >= 15 is 0 Å². The topological polar surface area (TPSA) is 77.1 Å². The lowest BCUT2D eigenvalue weighted by atomic mass is 10.0. The summed E-state index contributed by atoms with van der Waals surface area (Å²) in [4.78, 5) is 27.5. The van der Waals surface area contributed by atoms with Crippen molar-refractivity contribution in [3.8, 4) is 11.5 Å². The van der Waals surface area contributed by atoms with Gasteiger partial charge in [0, 0.05) is 20.3 Å². The van der Waals surface area contributed by atoms with Crippen LogP contribution < -0.4 is 14.8 Å². The third-order valence-corrected chi connectivity index (χ3v) is 4.64. The lowest BCUT2D eigenvalue weighted by Crippen LogP contribution is -2.33. The SMILES string of the molecule is COCCCN1C(=O)C(Nc2ccccc2OC)=C(c2ccc(OC)cc2)C1=O. The van der Waals surface area contributed by atoms with Crippen molar-refractivity contribution >= 4 is 23.1 Å². The Hall–Kier alpha value is -3.32. The van der Waals surface area contributed by atoms with E-state index in [4.69, 9.17) is 14.2 Å². The molecule has 152 valence electrons. The largest absolute Gasteiger partial charge is 0.497 e. The van der Waals surface area contributed by atoms with E-state index in [1.54, 1.807) is 57.7 Å². The minimum Gasteiger partial charge on any atom is -0.497 e. The monoisotopic (exact) mass is 396 g/mol. The zero-order valence-electron chi connectivity index (χ0n) is 16.7. The van der Waals surface area contributed by atoms with Crippen LogP contribution in [0.4, 0.5) is 5.69 Å². The van der Waals surface area contributed by atoms with Crippen LogP contribution in [0.1, 0.15) is 12.0 Å². The Bertz CT molecular complexity index is 921. The van der Waals surface area contributed by atoms with Gasteiger partial charge in [-0.3, -0.25) is 14.5 Å². The fourth-order valence-electron chi connectivity index (χ4n) is 3.17. The van der Waals surface area contributed by atoms with Gasteiger partial charge in [0.1, 0.15) is 17.2 Å². The lowest BCUT2D eigenvalue weighted by Gasteiger charge is -2.15. The summed E-state index contributed by atoms with van der Waals surface area (Å²) in [5.41, 5.74) is 1.79. The maximum absolute atomic E-state index is 13.1. The molecule has 1 heterocycles. The Labute approximate surface area is 169 Å². The highest BCUT2D eigenvalue weighted by molar-refractivity contribution is 6.36. The van der Waals surface area contributed by atoms with Crippen molar-refractivity contribution in [1.29, 1.82) is 0 Å². The molecule has 2 amide bonds. The zero-order valence-corrected chi connectivity index (χ0v) is 16.7. The highest BCUT2D eigenvalue weighted by Crippen LogP contribution is 2.33. The smallest absolute Gasteiger partial charge is 0.278 e. The van der Waals surface area contributed by atoms with Crippen molar-refractivity contribution in [2.24, 2.45) is 0 Å². The summed E-state index contributed by atoms with van der Waals surface area (Å²) in [6, 6.07) is 14.3. The highest BCUT2D eigenvalue weighted by Gasteiger charge is 2.39. The Morgan fingerprint density at radius 2 is 1.62 bits per heavy atom. The number of imide groups is 1. The highest BCUT2D eigenvalue weighted by atomic mass is 16.5. The van der Waals surface area contributed by atoms with Crippen molar-refractivity contribution < 1.29 is 23.8 Å². The summed E-state index contributed by atoms with van der Waals surface area (Å²) in [6.07, 6.45) is 0.561. The molecule has 0 saturated carbocycles. The van der Waals surface area contributed by atoms with Crippen LogP contribution in [0.25, 0.3) is 5.57 Å². The summed E-state index contributed by atoms with van der Waals surface area (Å²) in [6.45, 7) is 0.743. The van der Waals surface area contributed by atoms with Gasteiger partial charge in [0.2, 0.25) is 0 Å². The van der Waals surface area contributed by atoms with Crippen LogP contribution in [0.5, 0.6) is 11.5 Å². The van der Waals surface area contributed by atoms with E-state index in [2.05, 4.69) is 5.32 Å². The number of hydrogen-bond donors (Lipinski definition) is 1. The van der Waals surface area contributed by atoms with E-state index in [0.29, 0.717) is 41.4 Å². The second-order valence-corrected chi connectivity index (χ2v) is 6.41. The van der Waals surface area contributed by atoms with Crippen molar-refractivity contribution in [1.82, 2.24) is 4.90 Å². The minimum absolute atomic E-state index is 0.224. The zero-order chi connectivity index (χ0) is 20.8. The van der Waals surface area contributed by atoms with Gasteiger partial charge in [-0.25, -0.2) is 0 Å². The molecule has 7 nitrogen and oxygen atoms in total. The van der Waals surface area contributed by atoms with Crippen LogP contribution in [0.3, 0.4) is 0 Å². The van der Waals surface area contributed by atoms with E-state index in [1.165, 1.54) is 4.90 Å². The summed E-state index contributed by atoms with van der Waals surface area (Å²) in [5.74, 6) is 0.533. The van der Waals surface area contributed by atoms with Gasteiger partial charge in [-0.15, -0.1) is 0 Å². The number of methoxy groups -OCH3 is 3. The minimum atomic E-state index is -0.372. The molecule has 2 aromatic carbocycles. The Morgan fingerprint density at radius 1 is 0.897 bits per heavy atom. The third-order valence-electron chi connectivity index (χ3n) is 4.64. The van der Waals surface area contributed by atoms with E-state index in [9.17, 15) is 9.59 Å². The van der Waals surface area contributed by atoms with Gasteiger partial charge in [0.25, 0.3) is 11.8 Å². The lowest BCUT2D eigenvalue weighted by molar-refractivity contribution is -0.136. The molecule has 0 saturated heterocycles. The van der Waals surface area contributed by atoms with Gasteiger partial charge < -0.3 is 19.5 Å². The van der Waals surface area contributed by atoms with E-state index in [1.807, 2.05) is 12.1 Å². The molecule has 0 fully saturated rings. The van der Waals surface area contributed by atoms with E-state index < -0.39 is 0 Å². The van der Waals surface area contributed by atoms with Crippen molar-refractivity contribution in [3.05, 3.63) is 59.8 Å². The number of ether oxygens (including phenoxy) is 3. The number of anilines is 1. The molecule has 0 bridgehead atoms. The second-order valence-electron chi connectivity index (χ2n) is 6.41. The molecule has 0 unspecified atom stereocenters. The number of hydrogen-bond acceptors (Lipinski definition) is 6. The van der Waals surface area contributed by atoms with Gasteiger partial charge >= 0.3 is 0 Å². The average molecular weight is 396 g/mol. The molecule has 1 N–H and O–H groups in total. The normalized spacial score (nSPS) is 13.8. The first-order valence-electron chi connectivity index (χ1n) is 9.24. The van der Waals surface area contributed by atoms with Crippen molar-refractivity contribution in [2.75, 3.05) is 39.8 Å². The second kappa shape index (κ2) is 9.25. The molecule has 3 rings (SSSR count). The number of carbonyl (C=O) groups is 2. The summed E-state index contributed by atoms with van der Waals surface area (Å²) < 4.78 is 15.6. The maximum Gasteiger partial charge on any atom is 0.278 e. The first-order valence-corrected chi connectivity index (χ1v) is 9.24. The standard InChI is InChI=1S/C22H24N2O5/c1-27-14-6-13-24-21(25)19(15-9-11-16(28-2)12-10-15)20(22(24)26)23-17-7-4-5-8-18(17)29-3/h4-5,7-12,23H,6,13-14H2,1-3H3. The molecule has 29 heavy (non-hydrogen) atoms. The van der Waals surface area contributed by atoms with Crippen LogP contribution in [-0.4, -0.2) is 51.2 Å².